The van der Waals surface area contributed by atoms with Crippen LogP contribution in [0, 0.1) is 0 Å². The average molecular weight is 299 g/mol. The third kappa shape index (κ3) is 2.97. The summed E-state index contributed by atoms with van der Waals surface area (Å²) >= 11 is 3.29. The van der Waals surface area contributed by atoms with Crippen LogP contribution >= 0.6 is 15.9 Å². The Balaban J connectivity index is 2.02. The summed E-state index contributed by atoms with van der Waals surface area (Å²) in [6.07, 6.45) is -0.508. The third-order valence-electron chi connectivity index (χ3n) is 2.33. The van der Waals surface area contributed by atoms with Crippen LogP contribution in [0.1, 0.15) is 0 Å². The number of carbonyl (C=O) groups excluding carboxylic acids is 2. The first-order chi connectivity index (χ1) is 8.16. The van der Waals surface area contributed by atoms with E-state index in [4.69, 9.17) is 4.74 Å². The van der Waals surface area contributed by atoms with E-state index in [-0.39, 0.29) is 12.5 Å². The van der Waals surface area contributed by atoms with Crippen LogP contribution in [0.3, 0.4) is 0 Å². The van der Waals surface area contributed by atoms with Crippen LogP contribution in [0.2, 0.25) is 0 Å². The molecule has 1 saturated heterocycles. The Morgan fingerprint density at radius 3 is 2.88 bits per heavy atom. The largest absolute Gasteiger partial charge is 0.415 e. The molecule has 1 aromatic carbocycles. The fraction of sp³-hybridized carbons (Fsp3) is 0.273. The highest BCUT2D eigenvalue weighted by molar-refractivity contribution is 9.10. The van der Waals surface area contributed by atoms with Crippen molar-refractivity contribution in [2.75, 3.05) is 19.6 Å². The molecule has 0 aliphatic carbocycles. The van der Waals surface area contributed by atoms with Gasteiger partial charge in [0.1, 0.15) is 12.3 Å². The van der Waals surface area contributed by atoms with Crippen LogP contribution in [0.15, 0.2) is 28.7 Å². The maximum absolute atomic E-state index is 11.8. The Labute approximate surface area is 107 Å². The number of amides is 2. The van der Waals surface area contributed by atoms with Gasteiger partial charge in [-0.25, -0.2) is 4.79 Å². The highest BCUT2D eigenvalue weighted by Crippen LogP contribution is 2.24. The van der Waals surface area contributed by atoms with Crippen LogP contribution in [0.25, 0.3) is 0 Å². The molecule has 0 spiro atoms. The summed E-state index contributed by atoms with van der Waals surface area (Å²) in [6.45, 7) is 0.974. The van der Waals surface area contributed by atoms with Gasteiger partial charge in [-0.2, -0.15) is 0 Å². The predicted molar refractivity (Wildman–Crippen MR) is 64.7 cm³/mol. The number of nitrogens with one attached hydrogen (secondary N) is 1. The molecule has 0 bridgehead atoms. The van der Waals surface area contributed by atoms with Gasteiger partial charge in [0.25, 0.3) is 0 Å². The minimum absolute atomic E-state index is 0.0449. The molecule has 1 aromatic rings. The molecule has 0 atom stereocenters. The van der Waals surface area contributed by atoms with E-state index in [0.717, 1.165) is 0 Å². The minimum Gasteiger partial charge on any atom is -0.409 e. The Kier molecular flexibility index (Phi) is 3.63. The lowest BCUT2D eigenvalue weighted by Gasteiger charge is -2.25. The number of para-hydroxylation sites is 1. The van der Waals surface area contributed by atoms with Crippen LogP contribution < -0.4 is 10.1 Å². The second-order valence-corrected chi connectivity index (χ2v) is 4.42. The van der Waals surface area contributed by atoms with E-state index in [1.807, 2.05) is 6.07 Å². The Hall–Kier alpha value is -1.56. The molecule has 1 aliphatic rings. The quantitative estimate of drug-likeness (QED) is 0.852. The van der Waals surface area contributed by atoms with Crippen molar-refractivity contribution in [3.8, 4) is 5.75 Å². The van der Waals surface area contributed by atoms with Crippen LogP contribution in [0.4, 0.5) is 4.79 Å². The molecule has 5 nitrogen and oxygen atoms in total. The van der Waals surface area contributed by atoms with Crippen molar-refractivity contribution in [2.24, 2.45) is 0 Å². The lowest BCUT2D eigenvalue weighted by molar-refractivity contribution is -0.123. The van der Waals surface area contributed by atoms with Gasteiger partial charge in [-0.05, 0) is 28.1 Å². The van der Waals surface area contributed by atoms with E-state index in [1.165, 1.54) is 4.90 Å². The Morgan fingerprint density at radius 1 is 1.41 bits per heavy atom. The molecule has 1 fully saturated rings. The maximum atomic E-state index is 11.8. The molecule has 17 heavy (non-hydrogen) atoms. The summed E-state index contributed by atoms with van der Waals surface area (Å²) in [7, 11) is 0. The van der Waals surface area contributed by atoms with Crippen molar-refractivity contribution in [1.82, 2.24) is 10.2 Å². The van der Waals surface area contributed by atoms with E-state index >= 15 is 0 Å². The average Bonchev–Trinajstić information content (AvgIpc) is 2.32. The number of hydrogen-bond acceptors (Lipinski definition) is 3. The number of benzene rings is 1. The Morgan fingerprint density at radius 2 is 2.18 bits per heavy atom. The molecule has 1 N–H and O–H groups in total. The molecule has 2 rings (SSSR count). The van der Waals surface area contributed by atoms with Crippen molar-refractivity contribution >= 4 is 27.9 Å². The van der Waals surface area contributed by atoms with Gasteiger partial charge in [0.05, 0.1) is 4.47 Å². The molecule has 1 heterocycles. The maximum Gasteiger partial charge on any atom is 0.415 e. The van der Waals surface area contributed by atoms with Crippen LogP contribution in [-0.4, -0.2) is 36.5 Å². The van der Waals surface area contributed by atoms with Crippen LogP contribution in [-0.2, 0) is 4.79 Å². The van der Waals surface area contributed by atoms with E-state index in [2.05, 4.69) is 21.2 Å². The number of rotatable bonds is 1. The number of nitrogens with zero attached hydrogens (tertiary/aromatic N) is 1. The van der Waals surface area contributed by atoms with E-state index < -0.39 is 6.09 Å². The molecule has 0 saturated carbocycles. The normalized spacial score (nSPS) is 15.4. The molecular formula is C11H11BrN2O3. The van der Waals surface area contributed by atoms with Gasteiger partial charge in [-0.15, -0.1) is 0 Å². The lowest BCUT2D eigenvalue weighted by Crippen LogP contribution is -2.50. The third-order valence-corrected chi connectivity index (χ3v) is 2.99. The van der Waals surface area contributed by atoms with Crippen LogP contribution in [0.5, 0.6) is 5.75 Å². The first-order valence-corrected chi connectivity index (χ1v) is 5.94. The zero-order valence-corrected chi connectivity index (χ0v) is 10.6. The molecule has 0 aromatic heterocycles. The standard InChI is InChI=1S/C11H11BrN2O3/c12-8-3-1-2-4-9(8)17-11(16)14-6-5-13-10(15)7-14/h1-4H,5-7H2,(H,13,15). The number of ether oxygens (including phenoxy) is 1. The van der Waals surface area contributed by atoms with E-state index in [1.54, 1.807) is 18.2 Å². The summed E-state index contributed by atoms with van der Waals surface area (Å²) in [5.41, 5.74) is 0. The highest BCUT2D eigenvalue weighted by Gasteiger charge is 2.23. The number of piperazine rings is 1. The summed E-state index contributed by atoms with van der Waals surface area (Å²) < 4.78 is 5.90. The van der Waals surface area contributed by atoms with Crippen molar-refractivity contribution < 1.29 is 14.3 Å². The first kappa shape index (κ1) is 11.9. The van der Waals surface area contributed by atoms with Gasteiger partial charge in [0.15, 0.2) is 0 Å². The molecule has 1 aliphatic heterocycles. The summed E-state index contributed by atoms with van der Waals surface area (Å²) in [5, 5.41) is 2.64. The summed E-state index contributed by atoms with van der Waals surface area (Å²) in [5.74, 6) is 0.281. The Bertz CT molecular complexity index is 450. The molecule has 90 valence electrons. The van der Waals surface area contributed by atoms with Crippen molar-refractivity contribution in [2.45, 2.75) is 0 Å². The van der Waals surface area contributed by atoms with Gasteiger partial charge in [-0.1, -0.05) is 12.1 Å². The monoisotopic (exact) mass is 298 g/mol. The summed E-state index contributed by atoms with van der Waals surface area (Å²) in [6, 6.07) is 7.07. The zero-order chi connectivity index (χ0) is 12.3. The SMILES string of the molecule is O=C1CN(C(=O)Oc2ccccc2Br)CCN1. The fourth-order valence-electron chi connectivity index (χ4n) is 1.48. The van der Waals surface area contributed by atoms with Gasteiger partial charge < -0.3 is 10.1 Å². The van der Waals surface area contributed by atoms with E-state index in [0.29, 0.717) is 23.3 Å². The van der Waals surface area contributed by atoms with Crippen molar-refractivity contribution in [1.29, 1.82) is 0 Å². The fourth-order valence-corrected chi connectivity index (χ4v) is 1.85. The highest BCUT2D eigenvalue weighted by atomic mass is 79.9. The van der Waals surface area contributed by atoms with Gasteiger partial charge in [-0.3, -0.25) is 9.69 Å². The molecule has 6 heteroatoms. The number of hydrogen-bond donors (Lipinski definition) is 1. The molecule has 0 unspecified atom stereocenters. The topological polar surface area (TPSA) is 58.6 Å². The van der Waals surface area contributed by atoms with Gasteiger partial charge in [0.2, 0.25) is 5.91 Å². The predicted octanol–water partition coefficient (Wildman–Crippen LogP) is 1.38. The van der Waals surface area contributed by atoms with Crippen molar-refractivity contribution in [3.05, 3.63) is 28.7 Å². The van der Waals surface area contributed by atoms with E-state index in [9.17, 15) is 9.59 Å². The minimum atomic E-state index is -0.508. The van der Waals surface area contributed by atoms with Gasteiger partial charge in [0, 0.05) is 13.1 Å². The van der Waals surface area contributed by atoms with Gasteiger partial charge >= 0.3 is 6.09 Å². The number of carbonyl (C=O) groups is 2. The second kappa shape index (κ2) is 5.18. The second-order valence-electron chi connectivity index (χ2n) is 3.57. The van der Waals surface area contributed by atoms with Crippen molar-refractivity contribution in [3.63, 3.8) is 0 Å². The molecule has 0 radical (unpaired) electrons. The smallest absolute Gasteiger partial charge is 0.409 e. The first-order valence-electron chi connectivity index (χ1n) is 5.15. The lowest BCUT2D eigenvalue weighted by atomic mass is 10.3. The summed E-state index contributed by atoms with van der Waals surface area (Å²) in [4.78, 5) is 24.3. The molecule has 2 amide bonds. The number of halogens is 1. The zero-order valence-electron chi connectivity index (χ0n) is 8.98. The molecular weight excluding hydrogens is 288 g/mol.